The minimum atomic E-state index is -4.53. The van der Waals surface area contributed by atoms with Gasteiger partial charge in [-0.05, 0) is 31.2 Å². The predicted octanol–water partition coefficient (Wildman–Crippen LogP) is 3.20. The van der Waals surface area contributed by atoms with Crippen LogP contribution in [-0.2, 0) is 21.3 Å². The molecule has 186 valence electrons. The number of aryl methyl sites for hydroxylation is 1. The number of halogens is 3. The average Bonchev–Trinajstić information content (AvgIpc) is 3.43. The number of ether oxygens (including phenoxy) is 2. The Morgan fingerprint density at radius 3 is 2.89 bits per heavy atom. The highest BCUT2D eigenvalue weighted by molar-refractivity contribution is 5.82. The number of methoxy groups -OCH3 is 1. The summed E-state index contributed by atoms with van der Waals surface area (Å²) in [7, 11) is 3.23. The van der Waals surface area contributed by atoms with Crippen LogP contribution in [-0.4, -0.2) is 62.9 Å². The van der Waals surface area contributed by atoms with Crippen LogP contribution in [0.5, 0.6) is 0 Å². The maximum Gasteiger partial charge on any atom is 0.408 e. The second kappa shape index (κ2) is 9.78. The highest BCUT2D eigenvalue weighted by Crippen LogP contribution is 2.29. The van der Waals surface area contributed by atoms with Crippen molar-refractivity contribution in [3.63, 3.8) is 0 Å². The molecule has 3 aromatic rings. The number of rotatable bonds is 8. The highest BCUT2D eigenvalue weighted by Gasteiger charge is 2.37. The number of H-pyrrole nitrogens is 1. The number of nitrogens with zero attached hydrogens (tertiary/aromatic N) is 4. The van der Waals surface area contributed by atoms with E-state index in [1.807, 2.05) is 23.5 Å². The normalized spacial score (nSPS) is 17.0. The number of benzene rings is 1. The number of nitrogens with one attached hydrogen (secondary N) is 3. The molecule has 3 N–H and O–H groups in total. The van der Waals surface area contributed by atoms with Gasteiger partial charge in [0.1, 0.15) is 17.9 Å². The van der Waals surface area contributed by atoms with Crippen LogP contribution in [0.3, 0.4) is 0 Å². The molecule has 1 aliphatic rings. The quantitative estimate of drug-likeness (QED) is 0.443. The van der Waals surface area contributed by atoms with Crippen molar-refractivity contribution in [1.82, 2.24) is 30.3 Å². The second-order valence-electron chi connectivity index (χ2n) is 7.99. The lowest BCUT2D eigenvalue weighted by Gasteiger charge is -2.23. The van der Waals surface area contributed by atoms with Crippen molar-refractivity contribution in [3.8, 4) is 0 Å². The number of anilines is 2. The third-order valence-electron chi connectivity index (χ3n) is 5.44. The van der Waals surface area contributed by atoms with E-state index in [9.17, 15) is 18.0 Å². The van der Waals surface area contributed by atoms with Crippen molar-refractivity contribution in [2.75, 3.05) is 19.0 Å². The van der Waals surface area contributed by atoms with Crippen LogP contribution in [0.1, 0.15) is 19.2 Å². The maximum absolute atomic E-state index is 12.6. The summed E-state index contributed by atoms with van der Waals surface area (Å²) >= 11 is 0. The molecule has 1 aromatic carbocycles. The Kier molecular flexibility index (Phi) is 6.78. The van der Waals surface area contributed by atoms with Gasteiger partial charge in [-0.2, -0.15) is 23.3 Å². The Labute approximate surface area is 198 Å². The van der Waals surface area contributed by atoms with Gasteiger partial charge in [0.2, 0.25) is 5.95 Å². The number of aromatic nitrogens is 5. The first-order valence-electron chi connectivity index (χ1n) is 10.7. The molecule has 0 fully saturated rings. The fourth-order valence-electron chi connectivity index (χ4n) is 3.46. The monoisotopic (exact) mass is 491 g/mol. The Morgan fingerprint density at radius 1 is 1.34 bits per heavy atom. The van der Waals surface area contributed by atoms with E-state index in [1.165, 1.54) is 7.11 Å². The van der Waals surface area contributed by atoms with Gasteiger partial charge in [-0.25, -0.2) is 4.68 Å². The van der Waals surface area contributed by atoms with Crippen LogP contribution in [0.25, 0.3) is 16.5 Å². The largest absolute Gasteiger partial charge is 0.485 e. The molecule has 2 unspecified atom stereocenters. The number of amides is 1. The van der Waals surface area contributed by atoms with Gasteiger partial charge < -0.3 is 20.1 Å². The molecule has 1 aliphatic carbocycles. The Balaban J connectivity index is 1.43. The molecular formula is C22H24F3N7O3. The zero-order chi connectivity index (χ0) is 25.2. The predicted molar refractivity (Wildman–Crippen MR) is 121 cm³/mol. The summed E-state index contributed by atoms with van der Waals surface area (Å²) in [5.41, 5.74) is 2.51. The molecule has 0 saturated carbocycles. The fourth-order valence-corrected chi connectivity index (χ4v) is 3.46. The van der Waals surface area contributed by atoms with E-state index in [0.717, 1.165) is 29.1 Å². The summed E-state index contributed by atoms with van der Waals surface area (Å²) in [5.74, 6) is 0.456. The van der Waals surface area contributed by atoms with Crippen molar-refractivity contribution in [3.05, 3.63) is 48.1 Å². The zero-order valence-electron chi connectivity index (χ0n) is 19.2. The first-order valence-corrected chi connectivity index (χ1v) is 10.7. The van der Waals surface area contributed by atoms with E-state index < -0.39 is 30.8 Å². The second-order valence-corrected chi connectivity index (χ2v) is 7.99. The van der Waals surface area contributed by atoms with Gasteiger partial charge in [0, 0.05) is 37.2 Å². The smallest absolute Gasteiger partial charge is 0.408 e. The number of fused-ring (bicyclic) bond motifs is 1. The van der Waals surface area contributed by atoms with Crippen LogP contribution in [0.15, 0.2) is 42.3 Å². The number of hydrogen-bond donors (Lipinski definition) is 3. The number of alkyl halides is 3. The lowest BCUT2D eigenvalue weighted by Crippen LogP contribution is -2.44. The van der Waals surface area contributed by atoms with Gasteiger partial charge in [0.05, 0.1) is 11.7 Å². The molecule has 10 nitrogen and oxygen atoms in total. The van der Waals surface area contributed by atoms with Crippen molar-refractivity contribution in [2.45, 2.75) is 31.7 Å². The minimum absolute atomic E-state index is 0.328. The molecule has 0 aliphatic heterocycles. The summed E-state index contributed by atoms with van der Waals surface area (Å²) in [5, 5.41) is 17.4. The summed E-state index contributed by atoms with van der Waals surface area (Å²) in [6.07, 6.45) is 0.343. The lowest BCUT2D eigenvalue weighted by atomic mass is 10.0. The number of carbonyl (C=O) groups is 1. The first-order chi connectivity index (χ1) is 16.6. The van der Waals surface area contributed by atoms with E-state index in [2.05, 4.69) is 25.6 Å². The van der Waals surface area contributed by atoms with Crippen LogP contribution >= 0.6 is 0 Å². The molecule has 0 spiro atoms. The maximum atomic E-state index is 12.6. The number of aromatic amines is 1. The first kappa shape index (κ1) is 24.3. The van der Waals surface area contributed by atoms with Gasteiger partial charge in [-0.3, -0.25) is 9.89 Å². The summed E-state index contributed by atoms with van der Waals surface area (Å²) in [4.78, 5) is 16.4. The van der Waals surface area contributed by atoms with Crippen LogP contribution in [0.4, 0.5) is 24.8 Å². The Hall–Kier alpha value is -3.87. The Bertz CT molecular complexity index is 1280. The van der Waals surface area contributed by atoms with Gasteiger partial charge in [0.15, 0.2) is 12.4 Å². The minimum Gasteiger partial charge on any atom is -0.485 e. The molecule has 1 amide bonds. The summed E-state index contributed by atoms with van der Waals surface area (Å²) in [6, 6.07) is 3.77. The zero-order valence-corrected chi connectivity index (χ0v) is 19.2. The summed E-state index contributed by atoms with van der Waals surface area (Å²) in [6.45, 7) is 0.301. The van der Waals surface area contributed by atoms with E-state index in [0.29, 0.717) is 24.0 Å². The standard InChI is InChI=1S/C22H24F3N7O3/c1-12(22(23,24)25)27-19(33)11-35-17-7-4-13(9-18(17)34-3)20-29-21(32(2)31-20)28-15-5-6-16-14(8-15)10-26-30-16/h4-8,10,12,18H,9,11H2,1-3H3,(H,26,30)(H,27,33)(H,28,29,31). The van der Waals surface area contributed by atoms with Gasteiger partial charge >= 0.3 is 6.18 Å². The molecule has 35 heavy (non-hydrogen) atoms. The average molecular weight is 491 g/mol. The molecule has 2 atom stereocenters. The molecule has 0 radical (unpaired) electrons. The molecule has 0 bridgehead atoms. The SMILES string of the molecule is COC1CC(c2nc(Nc3ccc4[nH]ncc4c3)n(C)n2)=CC=C1OCC(=O)NC(C)C(F)(F)F. The van der Waals surface area contributed by atoms with E-state index in [-0.39, 0.29) is 0 Å². The molecular weight excluding hydrogens is 467 g/mol. The topological polar surface area (TPSA) is 119 Å². The number of carbonyl (C=O) groups excluding carboxylic acids is 1. The van der Waals surface area contributed by atoms with Crippen molar-refractivity contribution >= 4 is 34.0 Å². The van der Waals surface area contributed by atoms with Crippen molar-refractivity contribution in [1.29, 1.82) is 0 Å². The van der Waals surface area contributed by atoms with Crippen LogP contribution in [0.2, 0.25) is 0 Å². The molecule has 2 heterocycles. The van der Waals surface area contributed by atoms with Crippen molar-refractivity contribution < 1.29 is 27.4 Å². The van der Waals surface area contributed by atoms with E-state index >= 15 is 0 Å². The highest BCUT2D eigenvalue weighted by atomic mass is 19.4. The van der Waals surface area contributed by atoms with Crippen LogP contribution in [0, 0.1) is 0 Å². The molecule has 0 saturated heterocycles. The Morgan fingerprint density at radius 2 is 2.14 bits per heavy atom. The van der Waals surface area contributed by atoms with E-state index in [4.69, 9.17) is 9.47 Å². The van der Waals surface area contributed by atoms with Gasteiger partial charge in [0.25, 0.3) is 5.91 Å². The van der Waals surface area contributed by atoms with Crippen molar-refractivity contribution in [2.24, 2.45) is 7.05 Å². The van der Waals surface area contributed by atoms with Gasteiger partial charge in [-0.15, -0.1) is 5.10 Å². The third kappa shape index (κ3) is 5.62. The van der Waals surface area contributed by atoms with E-state index in [1.54, 1.807) is 30.1 Å². The molecule has 4 rings (SSSR count). The van der Waals surface area contributed by atoms with Gasteiger partial charge in [-0.1, -0.05) is 6.08 Å². The third-order valence-corrected chi connectivity index (χ3v) is 5.44. The molecule has 2 aromatic heterocycles. The molecule has 13 heteroatoms. The fraction of sp³-hybridized carbons (Fsp3) is 0.364. The lowest BCUT2D eigenvalue weighted by molar-refractivity contribution is -0.159. The summed E-state index contributed by atoms with van der Waals surface area (Å²) < 4.78 is 50.3. The number of hydrogen-bond acceptors (Lipinski definition) is 7. The van der Waals surface area contributed by atoms with Crippen LogP contribution < -0.4 is 10.6 Å². The number of allylic oxidation sites excluding steroid dienone is 2.